The lowest BCUT2D eigenvalue weighted by atomic mass is 10.3. The van der Waals surface area contributed by atoms with Crippen LogP contribution in [0.2, 0.25) is 0 Å². The van der Waals surface area contributed by atoms with E-state index < -0.39 is 0 Å². The zero-order valence-electron chi connectivity index (χ0n) is 9.66. The summed E-state index contributed by atoms with van der Waals surface area (Å²) in [4.78, 5) is 13.6. The van der Waals surface area contributed by atoms with E-state index in [4.69, 9.17) is 5.73 Å². The summed E-state index contributed by atoms with van der Waals surface area (Å²) >= 11 is 1.61. The van der Waals surface area contributed by atoms with E-state index in [-0.39, 0.29) is 5.91 Å². The predicted molar refractivity (Wildman–Crippen MR) is 69.4 cm³/mol. The van der Waals surface area contributed by atoms with Gasteiger partial charge < -0.3 is 11.1 Å². The summed E-state index contributed by atoms with van der Waals surface area (Å²) < 4.78 is 0. The van der Waals surface area contributed by atoms with Crippen molar-refractivity contribution in [2.45, 2.75) is 25.8 Å². The molecule has 1 aliphatic carbocycles. The van der Waals surface area contributed by atoms with Gasteiger partial charge in [-0.1, -0.05) is 11.8 Å². The summed E-state index contributed by atoms with van der Waals surface area (Å²) in [6.07, 6.45) is 3.11. The Kier molecular flexibility index (Phi) is 4.18. The van der Waals surface area contributed by atoms with Gasteiger partial charge in [0.25, 0.3) is 0 Å². The van der Waals surface area contributed by atoms with E-state index in [9.17, 15) is 4.79 Å². The number of hydrogen-bond acceptors (Lipinski definition) is 3. The summed E-state index contributed by atoms with van der Waals surface area (Å²) in [5.41, 5.74) is 5.31. The second-order valence-electron chi connectivity index (χ2n) is 4.20. The Morgan fingerprint density at radius 1 is 1.53 bits per heavy atom. The van der Waals surface area contributed by atoms with Crippen molar-refractivity contribution in [1.29, 1.82) is 0 Å². The van der Waals surface area contributed by atoms with Crippen LogP contribution >= 0.6 is 11.3 Å². The molecule has 2 rings (SSSR count). The standard InChI is InChI=1S/C13H16N2OS/c14-7-1-2-11-5-6-12(17-11)9-15-13(16)8-10-3-4-10/h5-6,10H,3-4,7-9,14H2,(H,15,16). The topological polar surface area (TPSA) is 55.1 Å². The Labute approximate surface area is 105 Å². The molecule has 1 fully saturated rings. The Morgan fingerprint density at radius 2 is 2.35 bits per heavy atom. The molecule has 0 aromatic carbocycles. The van der Waals surface area contributed by atoms with Crippen LogP contribution in [0.4, 0.5) is 0 Å². The maximum Gasteiger partial charge on any atom is 0.220 e. The van der Waals surface area contributed by atoms with Crippen LogP contribution in [0.3, 0.4) is 0 Å². The monoisotopic (exact) mass is 248 g/mol. The summed E-state index contributed by atoms with van der Waals surface area (Å²) in [6, 6.07) is 3.97. The van der Waals surface area contributed by atoms with E-state index >= 15 is 0 Å². The quantitative estimate of drug-likeness (QED) is 0.793. The molecule has 1 aliphatic rings. The van der Waals surface area contributed by atoms with Crippen LogP contribution < -0.4 is 11.1 Å². The summed E-state index contributed by atoms with van der Waals surface area (Å²) in [7, 11) is 0. The van der Waals surface area contributed by atoms with Crippen molar-refractivity contribution in [3.05, 3.63) is 21.9 Å². The lowest BCUT2D eigenvalue weighted by Crippen LogP contribution is -2.22. The highest BCUT2D eigenvalue weighted by Crippen LogP contribution is 2.32. The molecule has 0 radical (unpaired) electrons. The fourth-order valence-electron chi connectivity index (χ4n) is 1.52. The van der Waals surface area contributed by atoms with Gasteiger partial charge in [-0.05, 0) is 30.9 Å². The van der Waals surface area contributed by atoms with Crippen molar-refractivity contribution in [2.75, 3.05) is 6.54 Å². The fourth-order valence-corrected chi connectivity index (χ4v) is 2.34. The van der Waals surface area contributed by atoms with Gasteiger partial charge >= 0.3 is 0 Å². The SMILES string of the molecule is NCC#Cc1ccc(CNC(=O)CC2CC2)s1. The third kappa shape index (κ3) is 4.22. The minimum absolute atomic E-state index is 0.162. The van der Waals surface area contributed by atoms with Crippen molar-refractivity contribution in [2.24, 2.45) is 11.7 Å². The molecule has 1 heterocycles. The zero-order valence-corrected chi connectivity index (χ0v) is 10.5. The molecule has 1 aromatic heterocycles. The Bertz CT molecular complexity index is 451. The third-order valence-electron chi connectivity index (χ3n) is 2.61. The second kappa shape index (κ2) is 5.85. The molecule has 0 spiro atoms. The lowest BCUT2D eigenvalue weighted by molar-refractivity contribution is -0.121. The summed E-state index contributed by atoms with van der Waals surface area (Å²) in [5, 5.41) is 2.94. The van der Waals surface area contributed by atoms with E-state index in [2.05, 4.69) is 17.2 Å². The predicted octanol–water partition coefficient (Wildman–Crippen LogP) is 1.47. The van der Waals surface area contributed by atoms with Crippen LogP contribution in [-0.4, -0.2) is 12.5 Å². The summed E-state index contributed by atoms with van der Waals surface area (Å²) in [5.74, 6) is 6.61. The second-order valence-corrected chi connectivity index (χ2v) is 5.36. The molecule has 0 saturated heterocycles. The smallest absolute Gasteiger partial charge is 0.220 e. The van der Waals surface area contributed by atoms with Crippen LogP contribution in [0, 0.1) is 17.8 Å². The van der Waals surface area contributed by atoms with Crippen molar-refractivity contribution < 1.29 is 4.79 Å². The molecule has 0 aliphatic heterocycles. The van der Waals surface area contributed by atoms with Gasteiger partial charge in [-0.2, -0.15) is 0 Å². The van der Waals surface area contributed by atoms with Crippen molar-refractivity contribution in [1.82, 2.24) is 5.32 Å². The highest BCUT2D eigenvalue weighted by molar-refractivity contribution is 7.12. The van der Waals surface area contributed by atoms with Gasteiger partial charge in [0.15, 0.2) is 0 Å². The van der Waals surface area contributed by atoms with E-state index in [1.165, 1.54) is 12.8 Å². The number of carbonyl (C=O) groups excluding carboxylic acids is 1. The first kappa shape index (κ1) is 12.2. The summed E-state index contributed by atoms with van der Waals surface area (Å²) in [6.45, 7) is 0.992. The van der Waals surface area contributed by atoms with Crippen LogP contribution in [0.1, 0.15) is 29.0 Å². The van der Waals surface area contributed by atoms with Gasteiger partial charge in [-0.3, -0.25) is 4.79 Å². The molecule has 1 amide bonds. The molecule has 3 nitrogen and oxygen atoms in total. The highest BCUT2D eigenvalue weighted by Gasteiger charge is 2.24. The average Bonchev–Trinajstić information content (AvgIpc) is 3.01. The third-order valence-corrected chi connectivity index (χ3v) is 3.61. The molecule has 0 bridgehead atoms. The lowest BCUT2D eigenvalue weighted by Gasteiger charge is -2.01. The molecule has 0 unspecified atom stereocenters. The number of thiophene rings is 1. The van der Waals surface area contributed by atoms with Crippen molar-refractivity contribution in [3.63, 3.8) is 0 Å². The first-order chi connectivity index (χ1) is 8.28. The number of nitrogens with one attached hydrogen (secondary N) is 1. The zero-order chi connectivity index (χ0) is 12.1. The van der Waals surface area contributed by atoms with Gasteiger partial charge in [-0.25, -0.2) is 0 Å². The number of rotatable bonds is 4. The van der Waals surface area contributed by atoms with Crippen molar-refractivity contribution >= 4 is 17.2 Å². The van der Waals surface area contributed by atoms with Gasteiger partial charge in [0.05, 0.1) is 18.0 Å². The molecule has 1 saturated carbocycles. The van der Waals surface area contributed by atoms with Crippen LogP contribution in [0.15, 0.2) is 12.1 Å². The highest BCUT2D eigenvalue weighted by atomic mass is 32.1. The maximum atomic E-state index is 11.5. The first-order valence-corrected chi connectivity index (χ1v) is 6.64. The van der Waals surface area contributed by atoms with Gasteiger partial charge in [-0.15, -0.1) is 11.3 Å². The molecule has 3 N–H and O–H groups in total. The normalized spacial score (nSPS) is 13.9. The van der Waals surface area contributed by atoms with Crippen LogP contribution in [0.25, 0.3) is 0 Å². The minimum Gasteiger partial charge on any atom is -0.351 e. The van der Waals surface area contributed by atoms with E-state index in [0.717, 1.165) is 9.75 Å². The Morgan fingerprint density at radius 3 is 3.06 bits per heavy atom. The first-order valence-electron chi connectivity index (χ1n) is 5.82. The number of amides is 1. The van der Waals surface area contributed by atoms with Gasteiger partial charge in [0.2, 0.25) is 5.91 Å². The fraction of sp³-hybridized carbons (Fsp3) is 0.462. The largest absolute Gasteiger partial charge is 0.351 e. The maximum absolute atomic E-state index is 11.5. The molecule has 17 heavy (non-hydrogen) atoms. The Hall–Kier alpha value is -1.31. The van der Waals surface area contributed by atoms with E-state index in [1.807, 2.05) is 12.1 Å². The van der Waals surface area contributed by atoms with Crippen LogP contribution in [0.5, 0.6) is 0 Å². The molecular formula is C13H16N2OS. The number of carbonyl (C=O) groups is 1. The number of nitrogens with two attached hydrogens (primary N) is 1. The average molecular weight is 248 g/mol. The van der Waals surface area contributed by atoms with Gasteiger partial charge in [0, 0.05) is 11.3 Å². The Balaban J connectivity index is 1.77. The van der Waals surface area contributed by atoms with Crippen LogP contribution in [-0.2, 0) is 11.3 Å². The molecule has 4 heteroatoms. The molecule has 1 aromatic rings. The van der Waals surface area contributed by atoms with E-state index in [1.54, 1.807) is 11.3 Å². The molecular weight excluding hydrogens is 232 g/mol. The molecule has 0 atom stereocenters. The van der Waals surface area contributed by atoms with Crippen molar-refractivity contribution in [3.8, 4) is 11.8 Å². The molecule has 90 valence electrons. The van der Waals surface area contributed by atoms with E-state index in [0.29, 0.717) is 25.4 Å². The number of hydrogen-bond donors (Lipinski definition) is 2. The van der Waals surface area contributed by atoms with Gasteiger partial charge in [0.1, 0.15) is 0 Å². The minimum atomic E-state index is 0.162.